The van der Waals surface area contributed by atoms with Gasteiger partial charge in [-0.25, -0.2) is 9.59 Å². The molecule has 0 aromatic carbocycles. The summed E-state index contributed by atoms with van der Waals surface area (Å²) in [7, 11) is 0. The van der Waals surface area contributed by atoms with Crippen molar-refractivity contribution in [2.24, 2.45) is 0 Å². The second-order valence-electron chi connectivity index (χ2n) is 2.67. The zero-order valence-corrected chi connectivity index (χ0v) is 7.15. The summed E-state index contributed by atoms with van der Waals surface area (Å²) in [4.78, 5) is 22.6. The average Bonchev–Trinajstić information content (AvgIpc) is 2.45. The second-order valence-corrected chi connectivity index (χ2v) is 2.67. The molecule has 1 fully saturated rings. The van der Waals surface area contributed by atoms with E-state index in [2.05, 4.69) is 5.32 Å². The molecule has 2 amide bonds. The van der Waals surface area contributed by atoms with Crippen LogP contribution < -0.4 is 5.32 Å². The number of nitrogens with one attached hydrogen (secondary N) is 1. The van der Waals surface area contributed by atoms with Gasteiger partial charge in [0, 0.05) is 19.6 Å². The number of ether oxygens (including phenoxy) is 1. The van der Waals surface area contributed by atoms with Gasteiger partial charge in [-0.1, -0.05) is 0 Å². The summed E-state index contributed by atoms with van der Waals surface area (Å²) in [5.74, 6) is -0.995. The maximum Gasteiger partial charge on any atom is 0.329 e. The van der Waals surface area contributed by atoms with E-state index in [0.29, 0.717) is 19.6 Å². The SMILES string of the molecule is O=C(O)COCCN1CCNC1=O. The lowest BCUT2D eigenvalue weighted by Gasteiger charge is -2.12. The Bertz CT molecular complexity index is 207. The van der Waals surface area contributed by atoms with E-state index >= 15 is 0 Å². The van der Waals surface area contributed by atoms with Gasteiger partial charge in [0.05, 0.1) is 6.61 Å². The Labute approximate surface area is 75.5 Å². The van der Waals surface area contributed by atoms with Gasteiger partial charge < -0.3 is 20.1 Å². The van der Waals surface area contributed by atoms with Crippen LogP contribution in [0.4, 0.5) is 4.79 Å². The molecule has 0 atom stereocenters. The Kier molecular flexibility index (Phi) is 3.51. The van der Waals surface area contributed by atoms with Crippen molar-refractivity contribution in [2.45, 2.75) is 0 Å². The lowest BCUT2D eigenvalue weighted by Crippen LogP contribution is -2.31. The number of carboxylic acids is 1. The van der Waals surface area contributed by atoms with Crippen molar-refractivity contribution in [3.05, 3.63) is 0 Å². The predicted octanol–water partition coefficient (Wildman–Crippen LogP) is -0.887. The number of carboxylic acid groups (broad SMARTS) is 1. The molecule has 0 radical (unpaired) electrons. The standard InChI is InChI=1S/C7H12N2O4/c10-6(11)5-13-4-3-9-2-1-8-7(9)12/h1-5H2,(H,8,12)(H,10,11). The van der Waals surface area contributed by atoms with Crippen molar-refractivity contribution in [2.75, 3.05) is 32.8 Å². The zero-order valence-electron chi connectivity index (χ0n) is 7.15. The van der Waals surface area contributed by atoms with Crippen LogP contribution in [0.15, 0.2) is 0 Å². The lowest BCUT2D eigenvalue weighted by atomic mass is 10.5. The van der Waals surface area contributed by atoms with Crippen LogP contribution in [0, 0.1) is 0 Å². The molecule has 1 aliphatic heterocycles. The lowest BCUT2D eigenvalue weighted by molar-refractivity contribution is -0.142. The monoisotopic (exact) mass is 188 g/mol. The fourth-order valence-electron chi connectivity index (χ4n) is 1.06. The van der Waals surface area contributed by atoms with Gasteiger partial charge in [0.2, 0.25) is 0 Å². The van der Waals surface area contributed by atoms with Gasteiger partial charge in [0.15, 0.2) is 0 Å². The molecule has 1 saturated heterocycles. The summed E-state index contributed by atoms with van der Waals surface area (Å²) in [5.41, 5.74) is 0. The van der Waals surface area contributed by atoms with Crippen molar-refractivity contribution in [1.82, 2.24) is 10.2 Å². The minimum Gasteiger partial charge on any atom is -0.480 e. The van der Waals surface area contributed by atoms with Crippen molar-refractivity contribution >= 4 is 12.0 Å². The minimum absolute atomic E-state index is 0.112. The molecule has 1 heterocycles. The molecule has 1 rings (SSSR count). The van der Waals surface area contributed by atoms with E-state index in [4.69, 9.17) is 9.84 Å². The van der Waals surface area contributed by atoms with E-state index in [1.165, 1.54) is 0 Å². The number of amides is 2. The molecule has 1 aliphatic rings. The van der Waals surface area contributed by atoms with Crippen LogP contribution in [0.5, 0.6) is 0 Å². The number of carbonyl (C=O) groups is 2. The van der Waals surface area contributed by atoms with Crippen LogP contribution in [-0.2, 0) is 9.53 Å². The second kappa shape index (κ2) is 4.66. The molecule has 0 aromatic rings. The third-order valence-corrected chi connectivity index (χ3v) is 1.68. The number of aliphatic carboxylic acids is 1. The molecule has 0 aliphatic carbocycles. The molecule has 0 aromatic heterocycles. The highest BCUT2D eigenvalue weighted by molar-refractivity contribution is 5.76. The summed E-state index contributed by atoms with van der Waals surface area (Å²) in [6.07, 6.45) is 0. The summed E-state index contributed by atoms with van der Waals surface area (Å²) in [6.45, 7) is 1.71. The summed E-state index contributed by atoms with van der Waals surface area (Å²) in [6, 6.07) is -0.112. The first-order valence-electron chi connectivity index (χ1n) is 4.02. The number of rotatable bonds is 5. The van der Waals surface area contributed by atoms with Gasteiger partial charge in [-0.3, -0.25) is 0 Å². The maximum absolute atomic E-state index is 10.9. The van der Waals surface area contributed by atoms with Crippen LogP contribution in [0.3, 0.4) is 0 Å². The number of carbonyl (C=O) groups excluding carboxylic acids is 1. The van der Waals surface area contributed by atoms with E-state index in [9.17, 15) is 9.59 Å². The molecule has 6 nitrogen and oxygen atoms in total. The topological polar surface area (TPSA) is 78.9 Å². The molecular weight excluding hydrogens is 176 g/mol. The van der Waals surface area contributed by atoms with Gasteiger partial charge in [-0.05, 0) is 0 Å². The normalized spacial score (nSPS) is 16.0. The Morgan fingerprint density at radius 2 is 2.46 bits per heavy atom. The quantitative estimate of drug-likeness (QED) is 0.549. The molecular formula is C7H12N2O4. The molecule has 2 N–H and O–H groups in total. The van der Waals surface area contributed by atoms with Crippen LogP contribution in [0.25, 0.3) is 0 Å². The number of urea groups is 1. The van der Waals surface area contributed by atoms with Crippen molar-refractivity contribution in [1.29, 1.82) is 0 Å². The highest BCUT2D eigenvalue weighted by atomic mass is 16.5. The Hall–Kier alpha value is -1.30. The number of hydrogen-bond donors (Lipinski definition) is 2. The highest BCUT2D eigenvalue weighted by Gasteiger charge is 2.18. The largest absolute Gasteiger partial charge is 0.480 e. The summed E-state index contributed by atoms with van der Waals surface area (Å²) >= 11 is 0. The maximum atomic E-state index is 10.9. The Morgan fingerprint density at radius 3 is 3.00 bits per heavy atom. The minimum atomic E-state index is -0.995. The van der Waals surface area contributed by atoms with E-state index in [1.54, 1.807) is 4.90 Å². The van der Waals surface area contributed by atoms with Crippen LogP contribution >= 0.6 is 0 Å². The van der Waals surface area contributed by atoms with Crippen molar-refractivity contribution in [3.8, 4) is 0 Å². The van der Waals surface area contributed by atoms with Gasteiger partial charge in [0.1, 0.15) is 6.61 Å². The summed E-state index contributed by atoms with van der Waals surface area (Å²) < 4.78 is 4.78. The molecule has 74 valence electrons. The molecule has 6 heteroatoms. The van der Waals surface area contributed by atoms with E-state index < -0.39 is 5.97 Å². The van der Waals surface area contributed by atoms with Crippen LogP contribution in [0.1, 0.15) is 0 Å². The first kappa shape index (κ1) is 9.79. The third-order valence-electron chi connectivity index (χ3n) is 1.68. The van der Waals surface area contributed by atoms with Gasteiger partial charge >= 0.3 is 12.0 Å². The van der Waals surface area contributed by atoms with Crippen molar-refractivity contribution < 1.29 is 19.4 Å². The fourth-order valence-corrected chi connectivity index (χ4v) is 1.06. The van der Waals surface area contributed by atoms with E-state index in [0.717, 1.165) is 0 Å². The van der Waals surface area contributed by atoms with Gasteiger partial charge in [-0.2, -0.15) is 0 Å². The number of hydrogen-bond acceptors (Lipinski definition) is 3. The molecule has 13 heavy (non-hydrogen) atoms. The molecule has 0 unspecified atom stereocenters. The molecule has 0 spiro atoms. The third kappa shape index (κ3) is 3.29. The fraction of sp³-hybridized carbons (Fsp3) is 0.714. The van der Waals surface area contributed by atoms with Crippen molar-refractivity contribution in [3.63, 3.8) is 0 Å². The first-order chi connectivity index (χ1) is 6.20. The molecule has 0 saturated carbocycles. The first-order valence-corrected chi connectivity index (χ1v) is 4.02. The highest BCUT2D eigenvalue weighted by Crippen LogP contribution is 1.95. The van der Waals surface area contributed by atoms with Crippen LogP contribution in [0.2, 0.25) is 0 Å². The smallest absolute Gasteiger partial charge is 0.329 e. The zero-order chi connectivity index (χ0) is 9.68. The molecule has 0 bridgehead atoms. The average molecular weight is 188 g/mol. The van der Waals surface area contributed by atoms with Crippen LogP contribution in [-0.4, -0.2) is 54.9 Å². The number of nitrogens with zero attached hydrogens (tertiary/aromatic N) is 1. The summed E-state index contributed by atoms with van der Waals surface area (Å²) in [5, 5.41) is 10.9. The predicted molar refractivity (Wildman–Crippen MR) is 43.4 cm³/mol. The van der Waals surface area contributed by atoms with E-state index in [1.807, 2.05) is 0 Å². The Balaban J connectivity index is 2.05. The Morgan fingerprint density at radius 1 is 1.69 bits per heavy atom. The van der Waals surface area contributed by atoms with Gasteiger partial charge in [-0.15, -0.1) is 0 Å². The van der Waals surface area contributed by atoms with Gasteiger partial charge in [0.25, 0.3) is 0 Å². The van der Waals surface area contributed by atoms with E-state index in [-0.39, 0.29) is 19.2 Å².